The molecule has 3 N–H and O–H groups in total. The first-order valence-corrected chi connectivity index (χ1v) is 6.17. The van der Waals surface area contributed by atoms with Crippen molar-refractivity contribution >= 4 is 27.4 Å². The fraction of sp³-hybridized carbons (Fsp3) is 0.154. The Morgan fingerprint density at radius 2 is 2.12 bits per heavy atom. The number of nitrogens with two attached hydrogens (primary N) is 1. The van der Waals surface area contributed by atoms with Gasteiger partial charge in [-0.1, -0.05) is 18.2 Å². The van der Waals surface area contributed by atoms with Gasteiger partial charge < -0.3 is 11.1 Å². The number of aryl methyl sites for hydroxylation is 1. The fourth-order valence-electron chi connectivity index (χ4n) is 1.62. The molecular weight excluding hydrogens is 278 g/mol. The molecule has 2 aromatic rings. The molecule has 0 aliphatic heterocycles. The number of aromatic nitrogens is 1. The van der Waals surface area contributed by atoms with Gasteiger partial charge in [0.15, 0.2) is 0 Å². The lowest BCUT2D eigenvalue weighted by atomic mass is 10.1. The molecule has 3 nitrogen and oxygen atoms in total. The number of hydrogen-bond donors (Lipinski definition) is 2. The van der Waals surface area contributed by atoms with Crippen LogP contribution in [0.4, 0.5) is 11.5 Å². The molecule has 0 bridgehead atoms. The van der Waals surface area contributed by atoms with Crippen molar-refractivity contribution in [3.8, 4) is 0 Å². The summed E-state index contributed by atoms with van der Waals surface area (Å²) < 4.78 is 0.979. The van der Waals surface area contributed by atoms with Crippen molar-refractivity contribution in [1.29, 1.82) is 0 Å². The molecule has 0 aliphatic rings. The van der Waals surface area contributed by atoms with E-state index in [0.717, 1.165) is 27.1 Å². The third kappa shape index (κ3) is 2.84. The van der Waals surface area contributed by atoms with Crippen LogP contribution >= 0.6 is 15.9 Å². The van der Waals surface area contributed by atoms with Crippen molar-refractivity contribution < 1.29 is 0 Å². The Kier molecular flexibility index (Phi) is 3.76. The van der Waals surface area contributed by atoms with Crippen LogP contribution in [0.1, 0.15) is 11.1 Å². The second-order valence-electron chi connectivity index (χ2n) is 3.81. The van der Waals surface area contributed by atoms with E-state index in [1.165, 1.54) is 0 Å². The largest absolute Gasteiger partial charge is 0.340 e. The Morgan fingerprint density at radius 3 is 2.82 bits per heavy atom. The lowest BCUT2D eigenvalue weighted by Crippen LogP contribution is -2.03. The first-order chi connectivity index (χ1) is 8.20. The Balaban J connectivity index is 2.31. The Labute approximate surface area is 109 Å². The van der Waals surface area contributed by atoms with Gasteiger partial charge in [-0.25, -0.2) is 4.98 Å². The molecule has 1 aromatic carbocycles. The maximum atomic E-state index is 5.70. The van der Waals surface area contributed by atoms with Crippen LogP contribution in [-0.4, -0.2) is 4.98 Å². The summed E-state index contributed by atoms with van der Waals surface area (Å²) in [6.45, 7) is 2.53. The zero-order valence-electron chi connectivity index (χ0n) is 9.57. The number of anilines is 2. The molecule has 0 radical (unpaired) electrons. The molecule has 0 unspecified atom stereocenters. The van der Waals surface area contributed by atoms with Gasteiger partial charge in [-0.05, 0) is 46.1 Å². The SMILES string of the molecule is Cc1cc(Br)cnc1Nc1ccccc1CN. The van der Waals surface area contributed by atoms with Crippen LogP contribution in [0, 0.1) is 6.92 Å². The van der Waals surface area contributed by atoms with Crippen LogP contribution < -0.4 is 11.1 Å². The second-order valence-corrected chi connectivity index (χ2v) is 4.72. The summed E-state index contributed by atoms with van der Waals surface area (Å²) >= 11 is 3.40. The molecule has 1 heterocycles. The zero-order chi connectivity index (χ0) is 12.3. The summed E-state index contributed by atoms with van der Waals surface area (Å²) in [6, 6.07) is 10.0. The van der Waals surface area contributed by atoms with Gasteiger partial charge in [0.25, 0.3) is 0 Å². The average Bonchev–Trinajstić information content (AvgIpc) is 2.33. The van der Waals surface area contributed by atoms with Crippen LogP contribution in [0.15, 0.2) is 41.0 Å². The number of benzene rings is 1. The Morgan fingerprint density at radius 1 is 1.35 bits per heavy atom. The summed E-state index contributed by atoms with van der Waals surface area (Å²) in [5.41, 5.74) is 8.88. The van der Waals surface area contributed by atoms with Crippen LogP contribution in [0.25, 0.3) is 0 Å². The van der Waals surface area contributed by atoms with E-state index < -0.39 is 0 Å². The maximum Gasteiger partial charge on any atom is 0.133 e. The van der Waals surface area contributed by atoms with E-state index >= 15 is 0 Å². The van der Waals surface area contributed by atoms with Gasteiger partial charge in [-0.3, -0.25) is 0 Å². The molecular formula is C13H14BrN3. The number of nitrogens with one attached hydrogen (secondary N) is 1. The quantitative estimate of drug-likeness (QED) is 0.912. The number of nitrogens with zero attached hydrogens (tertiary/aromatic N) is 1. The van der Waals surface area contributed by atoms with E-state index in [4.69, 9.17) is 5.73 Å². The van der Waals surface area contributed by atoms with Crippen molar-refractivity contribution in [2.24, 2.45) is 5.73 Å². The lowest BCUT2D eigenvalue weighted by Gasteiger charge is -2.12. The molecule has 1 aromatic heterocycles. The number of rotatable bonds is 3. The van der Waals surface area contributed by atoms with Crippen molar-refractivity contribution in [3.63, 3.8) is 0 Å². The average molecular weight is 292 g/mol. The molecule has 0 saturated heterocycles. The highest BCUT2D eigenvalue weighted by molar-refractivity contribution is 9.10. The third-order valence-corrected chi connectivity index (χ3v) is 2.97. The van der Waals surface area contributed by atoms with Crippen LogP contribution in [-0.2, 0) is 6.54 Å². The molecule has 17 heavy (non-hydrogen) atoms. The van der Waals surface area contributed by atoms with E-state index in [1.54, 1.807) is 6.20 Å². The molecule has 88 valence electrons. The van der Waals surface area contributed by atoms with Gasteiger partial charge in [0.05, 0.1) is 0 Å². The maximum absolute atomic E-state index is 5.70. The van der Waals surface area contributed by atoms with E-state index in [2.05, 4.69) is 26.2 Å². The number of pyridine rings is 1. The zero-order valence-corrected chi connectivity index (χ0v) is 11.2. The van der Waals surface area contributed by atoms with Gasteiger partial charge in [-0.15, -0.1) is 0 Å². The van der Waals surface area contributed by atoms with Gasteiger partial charge in [0.2, 0.25) is 0 Å². The van der Waals surface area contributed by atoms with E-state index in [-0.39, 0.29) is 0 Å². The molecule has 0 amide bonds. The van der Waals surface area contributed by atoms with Crippen LogP contribution in [0.5, 0.6) is 0 Å². The molecule has 0 fully saturated rings. The van der Waals surface area contributed by atoms with Crippen molar-refractivity contribution in [3.05, 3.63) is 52.1 Å². The minimum Gasteiger partial charge on any atom is -0.340 e. The monoisotopic (exact) mass is 291 g/mol. The minimum atomic E-state index is 0.513. The Hall–Kier alpha value is -1.39. The van der Waals surface area contributed by atoms with Crippen molar-refractivity contribution in [2.45, 2.75) is 13.5 Å². The summed E-state index contributed by atoms with van der Waals surface area (Å²) in [5.74, 6) is 0.856. The normalized spacial score (nSPS) is 10.3. The third-order valence-electron chi connectivity index (χ3n) is 2.54. The van der Waals surface area contributed by atoms with Crippen molar-refractivity contribution in [1.82, 2.24) is 4.98 Å². The smallest absolute Gasteiger partial charge is 0.133 e. The van der Waals surface area contributed by atoms with Crippen LogP contribution in [0.3, 0.4) is 0 Å². The summed E-state index contributed by atoms with van der Waals surface area (Å²) in [7, 11) is 0. The first-order valence-electron chi connectivity index (χ1n) is 5.38. The molecule has 0 spiro atoms. The summed E-state index contributed by atoms with van der Waals surface area (Å²) in [5, 5.41) is 3.31. The van der Waals surface area contributed by atoms with Gasteiger partial charge in [-0.2, -0.15) is 0 Å². The van der Waals surface area contributed by atoms with Gasteiger partial charge >= 0.3 is 0 Å². The van der Waals surface area contributed by atoms with Gasteiger partial charge in [0.1, 0.15) is 5.82 Å². The van der Waals surface area contributed by atoms with E-state index in [0.29, 0.717) is 6.54 Å². The molecule has 4 heteroatoms. The molecule has 0 aliphatic carbocycles. The second kappa shape index (κ2) is 5.29. The van der Waals surface area contributed by atoms with Crippen LogP contribution in [0.2, 0.25) is 0 Å². The summed E-state index contributed by atoms with van der Waals surface area (Å²) in [6.07, 6.45) is 1.78. The fourth-order valence-corrected chi connectivity index (χ4v) is 2.06. The van der Waals surface area contributed by atoms with E-state index in [9.17, 15) is 0 Å². The predicted octanol–water partition coefficient (Wildman–Crippen LogP) is 3.35. The van der Waals surface area contributed by atoms with E-state index in [1.807, 2.05) is 37.3 Å². The molecule has 0 saturated carbocycles. The topological polar surface area (TPSA) is 50.9 Å². The highest BCUT2D eigenvalue weighted by Crippen LogP contribution is 2.23. The summed E-state index contributed by atoms with van der Waals surface area (Å²) in [4.78, 5) is 4.35. The number of para-hydroxylation sites is 1. The molecule has 0 atom stereocenters. The standard InChI is InChI=1S/C13H14BrN3/c1-9-6-11(14)8-16-13(9)17-12-5-3-2-4-10(12)7-15/h2-6,8H,7,15H2,1H3,(H,16,17). The predicted molar refractivity (Wildman–Crippen MR) is 74.3 cm³/mol. The number of halogens is 1. The Bertz CT molecular complexity index is 526. The highest BCUT2D eigenvalue weighted by atomic mass is 79.9. The van der Waals surface area contributed by atoms with Crippen molar-refractivity contribution in [2.75, 3.05) is 5.32 Å². The first kappa shape index (κ1) is 12.1. The highest BCUT2D eigenvalue weighted by Gasteiger charge is 2.04. The number of hydrogen-bond acceptors (Lipinski definition) is 3. The lowest BCUT2D eigenvalue weighted by molar-refractivity contribution is 1.07. The molecule has 2 rings (SSSR count). The minimum absolute atomic E-state index is 0.513. The van der Waals surface area contributed by atoms with Gasteiger partial charge in [0, 0.05) is 22.9 Å².